The van der Waals surface area contributed by atoms with E-state index in [1.54, 1.807) is 0 Å². The molecule has 18 heavy (non-hydrogen) atoms. The zero-order chi connectivity index (χ0) is 12.8. The van der Waals surface area contributed by atoms with Crippen LogP contribution in [0.5, 0.6) is 0 Å². The minimum absolute atomic E-state index is 0.538. The van der Waals surface area contributed by atoms with Crippen molar-refractivity contribution in [3.63, 3.8) is 0 Å². The molecule has 0 aromatic carbocycles. The second kappa shape index (κ2) is 6.67. The van der Waals surface area contributed by atoms with Crippen LogP contribution in [0.15, 0.2) is 4.52 Å². The van der Waals surface area contributed by atoms with Crippen molar-refractivity contribution in [1.29, 1.82) is 0 Å². The molecule has 0 radical (unpaired) electrons. The molecule has 0 atom stereocenters. The maximum atomic E-state index is 5.33. The topological polar surface area (TPSA) is 80.7 Å². The summed E-state index contributed by atoms with van der Waals surface area (Å²) in [6.45, 7) is 5.63. The number of piperazine rings is 1. The van der Waals surface area contributed by atoms with Gasteiger partial charge in [-0.15, -0.1) is 0 Å². The van der Waals surface area contributed by atoms with Gasteiger partial charge >= 0.3 is 0 Å². The summed E-state index contributed by atoms with van der Waals surface area (Å²) in [6.07, 6.45) is 0.640. The lowest BCUT2D eigenvalue weighted by molar-refractivity contribution is 0.138. The molecule has 102 valence electrons. The highest BCUT2D eigenvalue weighted by molar-refractivity contribution is 5.28. The molecule has 1 aliphatic rings. The van der Waals surface area contributed by atoms with E-state index in [4.69, 9.17) is 15.0 Å². The zero-order valence-electron chi connectivity index (χ0n) is 10.8. The van der Waals surface area contributed by atoms with Crippen LogP contribution in [0, 0.1) is 0 Å². The van der Waals surface area contributed by atoms with E-state index < -0.39 is 0 Å². The predicted molar refractivity (Wildman–Crippen MR) is 67.6 cm³/mol. The Hall–Kier alpha value is -1.18. The number of hydrogen-bond acceptors (Lipinski definition) is 7. The van der Waals surface area contributed by atoms with E-state index in [1.807, 2.05) is 0 Å². The van der Waals surface area contributed by atoms with Crippen molar-refractivity contribution in [3.05, 3.63) is 5.89 Å². The Kier molecular flexibility index (Phi) is 4.91. The van der Waals surface area contributed by atoms with Crippen LogP contribution in [0.2, 0.25) is 0 Å². The first-order chi connectivity index (χ1) is 8.79. The highest BCUT2D eigenvalue weighted by atomic mass is 16.5. The summed E-state index contributed by atoms with van der Waals surface area (Å²) in [5.41, 5.74) is 5.33. The van der Waals surface area contributed by atoms with Gasteiger partial charge in [0.05, 0.1) is 19.6 Å². The van der Waals surface area contributed by atoms with Crippen molar-refractivity contribution in [2.24, 2.45) is 5.73 Å². The van der Waals surface area contributed by atoms with Crippen molar-refractivity contribution < 1.29 is 9.26 Å². The zero-order valence-corrected chi connectivity index (χ0v) is 10.8. The Labute approximate surface area is 107 Å². The van der Waals surface area contributed by atoms with Gasteiger partial charge in [-0.05, 0) is 12.2 Å². The average molecular weight is 255 g/mol. The molecular weight excluding hydrogens is 234 g/mol. The Bertz CT molecular complexity index is 349. The molecule has 1 saturated heterocycles. The number of rotatable bonds is 6. The molecule has 0 spiro atoms. The van der Waals surface area contributed by atoms with Gasteiger partial charge in [0, 0.05) is 32.7 Å². The number of aromatic nitrogens is 2. The van der Waals surface area contributed by atoms with Crippen LogP contribution in [0.4, 0.5) is 5.95 Å². The van der Waals surface area contributed by atoms with E-state index >= 15 is 0 Å². The third-order valence-corrected chi connectivity index (χ3v) is 2.97. The minimum atomic E-state index is 0.538. The SMILES string of the molecule is CN1CCN(c2noc(CCOCCN)n2)CC1. The lowest BCUT2D eigenvalue weighted by atomic mass is 10.3. The maximum absolute atomic E-state index is 5.33. The smallest absolute Gasteiger partial charge is 0.266 e. The summed E-state index contributed by atoms with van der Waals surface area (Å²) in [5.74, 6) is 1.32. The number of hydrogen-bond donors (Lipinski definition) is 1. The summed E-state index contributed by atoms with van der Waals surface area (Å²) in [4.78, 5) is 8.81. The molecule has 0 saturated carbocycles. The molecule has 0 bridgehead atoms. The van der Waals surface area contributed by atoms with Crippen LogP contribution in [-0.2, 0) is 11.2 Å². The van der Waals surface area contributed by atoms with Crippen molar-refractivity contribution >= 4 is 5.95 Å². The Morgan fingerprint density at radius 1 is 1.28 bits per heavy atom. The molecular formula is C11H21N5O2. The van der Waals surface area contributed by atoms with Crippen LogP contribution < -0.4 is 10.6 Å². The fourth-order valence-electron chi connectivity index (χ4n) is 1.83. The standard InChI is InChI=1S/C11H21N5O2/c1-15-4-6-16(7-5-15)11-13-10(18-14-11)2-8-17-9-3-12/h2-9,12H2,1H3. The first-order valence-corrected chi connectivity index (χ1v) is 6.33. The number of nitrogens with zero attached hydrogens (tertiary/aromatic N) is 4. The minimum Gasteiger partial charge on any atom is -0.380 e. The van der Waals surface area contributed by atoms with E-state index in [9.17, 15) is 0 Å². The van der Waals surface area contributed by atoms with Crippen molar-refractivity contribution in [2.75, 3.05) is 57.9 Å². The van der Waals surface area contributed by atoms with Gasteiger partial charge in [0.1, 0.15) is 0 Å². The summed E-state index contributed by atoms with van der Waals surface area (Å²) in [5, 5.41) is 4.00. The Morgan fingerprint density at radius 3 is 2.78 bits per heavy atom. The molecule has 1 aliphatic heterocycles. The van der Waals surface area contributed by atoms with E-state index in [2.05, 4.69) is 27.0 Å². The van der Waals surface area contributed by atoms with Crippen LogP contribution in [0.1, 0.15) is 5.89 Å². The van der Waals surface area contributed by atoms with E-state index in [0.29, 0.717) is 38.0 Å². The highest BCUT2D eigenvalue weighted by Gasteiger charge is 2.18. The van der Waals surface area contributed by atoms with Crippen molar-refractivity contribution in [1.82, 2.24) is 15.0 Å². The third kappa shape index (κ3) is 3.66. The molecule has 2 heterocycles. The van der Waals surface area contributed by atoms with E-state index in [1.165, 1.54) is 0 Å². The number of nitrogens with two attached hydrogens (primary N) is 1. The molecule has 1 fully saturated rings. The van der Waals surface area contributed by atoms with Gasteiger partial charge in [-0.3, -0.25) is 0 Å². The van der Waals surface area contributed by atoms with E-state index in [-0.39, 0.29) is 0 Å². The summed E-state index contributed by atoms with van der Waals surface area (Å²) in [6, 6.07) is 0. The number of anilines is 1. The summed E-state index contributed by atoms with van der Waals surface area (Å²) < 4.78 is 10.5. The maximum Gasteiger partial charge on any atom is 0.266 e. The Balaban J connectivity index is 1.78. The Morgan fingerprint density at radius 2 is 2.06 bits per heavy atom. The van der Waals surface area contributed by atoms with Gasteiger partial charge in [0.25, 0.3) is 5.95 Å². The summed E-state index contributed by atoms with van der Waals surface area (Å²) >= 11 is 0. The van der Waals surface area contributed by atoms with Gasteiger partial charge in [-0.2, -0.15) is 4.98 Å². The molecule has 2 N–H and O–H groups in total. The predicted octanol–water partition coefficient (Wildman–Crippen LogP) is -0.661. The van der Waals surface area contributed by atoms with Crippen LogP contribution in [0.3, 0.4) is 0 Å². The van der Waals surface area contributed by atoms with Gasteiger partial charge in [-0.25, -0.2) is 0 Å². The van der Waals surface area contributed by atoms with Crippen molar-refractivity contribution in [2.45, 2.75) is 6.42 Å². The monoisotopic (exact) mass is 255 g/mol. The molecule has 1 aromatic heterocycles. The van der Waals surface area contributed by atoms with Gasteiger partial charge < -0.3 is 24.8 Å². The molecule has 0 aliphatic carbocycles. The number of ether oxygens (including phenoxy) is 1. The molecule has 7 heteroatoms. The fourth-order valence-corrected chi connectivity index (χ4v) is 1.83. The van der Waals surface area contributed by atoms with Crippen LogP contribution in [-0.4, -0.2) is 68.0 Å². The van der Waals surface area contributed by atoms with Gasteiger partial charge in [0.15, 0.2) is 0 Å². The first-order valence-electron chi connectivity index (χ1n) is 6.33. The first kappa shape index (κ1) is 13.3. The number of likely N-dealkylation sites (N-methyl/N-ethyl adjacent to an activating group) is 1. The quantitative estimate of drug-likeness (QED) is 0.676. The lowest BCUT2D eigenvalue weighted by Crippen LogP contribution is -2.44. The van der Waals surface area contributed by atoms with E-state index in [0.717, 1.165) is 26.2 Å². The van der Waals surface area contributed by atoms with Crippen molar-refractivity contribution in [3.8, 4) is 0 Å². The summed E-state index contributed by atoms with van der Waals surface area (Å²) in [7, 11) is 2.12. The highest BCUT2D eigenvalue weighted by Crippen LogP contribution is 2.12. The molecule has 1 aromatic rings. The fraction of sp³-hybridized carbons (Fsp3) is 0.818. The van der Waals surface area contributed by atoms with Crippen LogP contribution >= 0.6 is 0 Å². The van der Waals surface area contributed by atoms with Crippen LogP contribution in [0.25, 0.3) is 0 Å². The largest absolute Gasteiger partial charge is 0.380 e. The lowest BCUT2D eigenvalue weighted by Gasteiger charge is -2.31. The normalized spacial score (nSPS) is 17.3. The molecule has 7 nitrogen and oxygen atoms in total. The second-order valence-electron chi connectivity index (χ2n) is 4.43. The second-order valence-corrected chi connectivity index (χ2v) is 4.43. The average Bonchev–Trinajstić information content (AvgIpc) is 2.84. The van der Waals surface area contributed by atoms with Gasteiger partial charge in [0.2, 0.25) is 5.89 Å². The molecule has 0 unspecified atom stereocenters. The van der Waals surface area contributed by atoms with Gasteiger partial charge in [-0.1, -0.05) is 0 Å². The molecule has 0 amide bonds. The molecule has 2 rings (SSSR count). The third-order valence-electron chi connectivity index (χ3n) is 2.97.